The number of fused-ring (bicyclic) bond motifs is 2. The zero-order valence-electron chi connectivity index (χ0n) is 16.6. The summed E-state index contributed by atoms with van der Waals surface area (Å²) in [6.07, 6.45) is 0. The third-order valence-electron chi connectivity index (χ3n) is 5.89. The van der Waals surface area contributed by atoms with Gasteiger partial charge >= 0.3 is 0 Å². The van der Waals surface area contributed by atoms with Gasteiger partial charge in [-0.25, -0.2) is 8.78 Å². The number of carbonyl (C=O) groups is 1. The van der Waals surface area contributed by atoms with Gasteiger partial charge in [-0.1, -0.05) is 18.2 Å². The lowest BCUT2D eigenvalue weighted by Gasteiger charge is -2.31. The molecule has 6 nitrogen and oxygen atoms in total. The monoisotopic (exact) mass is 426 g/mol. The molecule has 1 fully saturated rings. The Morgan fingerprint density at radius 3 is 2.55 bits per heavy atom. The van der Waals surface area contributed by atoms with Crippen molar-refractivity contribution in [3.8, 4) is 0 Å². The minimum atomic E-state index is -0.936. The Morgan fingerprint density at radius 1 is 1.00 bits per heavy atom. The SMILES string of the molecule is O=C1c2oc3ccc(F)cc3c(=O)c2[C@H](c2ccccc2F)N1CCN1CCOCC1. The van der Waals surface area contributed by atoms with E-state index in [1.54, 1.807) is 18.2 Å². The van der Waals surface area contributed by atoms with E-state index in [0.29, 0.717) is 19.8 Å². The summed E-state index contributed by atoms with van der Waals surface area (Å²) in [4.78, 5) is 30.2. The molecule has 3 aromatic rings. The van der Waals surface area contributed by atoms with E-state index in [-0.39, 0.29) is 34.4 Å². The van der Waals surface area contributed by atoms with Crippen molar-refractivity contribution >= 4 is 16.9 Å². The number of hydrogen-bond donors (Lipinski definition) is 0. The van der Waals surface area contributed by atoms with Crippen molar-refractivity contribution in [1.82, 2.24) is 9.80 Å². The normalized spacial score (nSPS) is 19.2. The lowest BCUT2D eigenvalue weighted by molar-refractivity contribution is 0.0314. The lowest BCUT2D eigenvalue weighted by atomic mass is 9.98. The number of amides is 1. The van der Waals surface area contributed by atoms with Gasteiger partial charge in [0.15, 0.2) is 5.43 Å². The van der Waals surface area contributed by atoms with Crippen LogP contribution >= 0.6 is 0 Å². The summed E-state index contributed by atoms with van der Waals surface area (Å²) >= 11 is 0. The summed E-state index contributed by atoms with van der Waals surface area (Å²) in [6.45, 7) is 3.53. The molecular weight excluding hydrogens is 406 g/mol. The molecule has 0 radical (unpaired) electrons. The third-order valence-corrected chi connectivity index (χ3v) is 5.89. The number of benzene rings is 2. The largest absolute Gasteiger partial charge is 0.450 e. The number of nitrogens with zero attached hydrogens (tertiary/aromatic N) is 2. The highest BCUT2D eigenvalue weighted by Crippen LogP contribution is 2.38. The van der Waals surface area contributed by atoms with Crippen LogP contribution in [0.25, 0.3) is 11.0 Å². The van der Waals surface area contributed by atoms with Gasteiger partial charge < -0.3 is 14.1 Å². The topological polar surface area (TPSA) is 63.0 Å². The summed E-state index contributed by atoms with van der Waals surface area (Å²) in [5.41, 5.74) is -0.137. The van der Waals surface area contributed by atoms with E-state index in [1.807, 2.05) is 0 Å². The highest BCUT2D eigenvalue weighted by Gasteiger charge is 2.43. The van der Waals surface area contributed by atoms with Gasteiger partial charge in [0, 0.05) is 31.7 Å². The maximum absolute atomic E-state index is 14.8. The van der Waals surface area contributed by atoms with Crippen LogP contribution in [0.4, 0.5) is 8.78 Å². The van der Waals surface area contributed by atoms with Crippen LogP contribution in [0.2, 0.25) is 0 Å². The van der Waals surface area contributed by atoms with Gasteiger partial charge in [-0.15, -0.1) is 0 Å². The fourth-order valence-corrected chi connectivity index (χ4v) is 4.32. The van der Waals surface area contributed by atoms with Crippen LogP contribution in [0.5, 0.6) is 0 Å². The second-order valence-electron chi connectivity index (χ2n) is 7.69. The van der Waals surface area contributed by atoms with Crippen molar-refractivity contribution in [1.29, 1.82) is 0 Å². The van der Waals surface area contributed by atoms with E-state index in [0.717, 1.165) is 19.2 Å². The van der Waals surface area contributed by atoms with Crippen LogP contribution in [0.1, 0.15) is 27.7 Å². The van der Waals surface area contributed by atoms with Crippen LogP contribution in [-0.2, 0) is 4.74 Å². The molecule has 2 aliphatic rings. The van der Waals surface area contributed by atoms with Crippen molar-refractivity contribution in [3.05, 3.63) is 81.2 Å². The standard InChI is InChI=1S/C23H20F2N2O4/c24-14-5-6-18-16(13-14)21(28)19-20(15-3-1-2-4-17(15)25)27(23(29)22(19)31-18)8-7-26-9-11-30-12-10-26/h1-6,13,20H,7-12H2/t20-/m0/s1. The molecule has 31 heavy (non-hydrogen) atoms. The highest BCUT2D eigenvalue weighted by molar-refractivity contribution is 5.99. The Hall–Kier alpha value is -3.10. The molecule has 160 valence electrons. The second kappa shape index (κ2) is 7.86. The molecule has 5 rings (SSSR count). The van der Waals surface area contributed by atoms with Crippen molar-refractivity contribution in [2.75, 3.05) is 39.4 Å². The summed E-state index contributed by atoms with van der Waals surface area (Å²) in [5, 5.41) is 0.0305. The Morgan fingerprint density at radius 2 is 1.77 bits per heavy atom. The number of ether oxygens (including phenoxy) is 1. The van der Waals surface area contributed by atoms with Crippen LogP contribution in [0.3, 0.4) is 0 Å². The molecule has 8 heteroatoms. The first kappa shape index (κ1) is 19.8. The van der Waals surface area contributed by atoms with Crippen LogP contribution in [-0.4, -0.2) is 55.1 Å². The molecule has 3 heterocycles. The van der Waals surface area contributed by atoms with Gasteiger partial charge in [-0.3, -0.25) is 14.5 Å². The fourth-order valence-electron chi connectivity index (χ4n) is 4.32. The Balaban J connectivity index is 1.63. The Kier molecular flexibility index (Phi) is 5.03. The molecule has 1 aromatic heterocycles. The van der Waals surface area contributed by atoms with Crippen molar-refractivity contribution in [2.45, 2.75) is 6.04 Å². The predicted octanol–water partition coefficient (Wildman–Crippen LogP) is 2.95. The third kappa shape index (κ3) is 3.41. The lowest BCUT2D eigenvalue weighted by Crippen LogP contribution is -2.42. The molecule has 0 spiro atoms. The smallest absolute Gasteiger partial charge is 0.290 e. The number of halogens is 2. The Bertz CT molecular complexity index is 1220. The average Bonchev–Trinajstić information content (AvgIpc) is 3.06. The van der Waals surface area contributed by atoms with E-state index < -0.39 is 29.0 Å². The number of carbonyl (C=O) groups excluding carboxylic acids is 1. The molecule has 0 unspecified atom stereocenters. The van der Waals surface area contributed by atoms with Crippen molar-refractivity contribution in [2.24, 2.45) is 0 Å². The van der Waals surface area contributed by atoms with E-state index in [4.69, 9.17) is 9.15 Å². The molecule has 0 N–H and O–H groups in total. The predicted molar refractivity (Wildman–Crippen MR) is 109 cm³/mol. The maximum Gasteiger partial charge on any atom is 0.290 e. The quantitative estimate of drug-likeness (QED) is 0.642. The van der Waals surface area contributed by atoms with Gasteiger partial charge in [0.25, 0.3) is 5.91 Å². The first-order valence-electron chi connectivity index (χ1n) is 10.2. The second-order valence-corrected chi connectivity index (χ2v) is 7.69. The summed E-state index contributed by atoms with van der Waals surface area (Å²) < 4.78 is 39.7. The maximum atomic E-state index is 14.8. The number of rotatable bonds is 4. The fraction of sp³-hybridized carbons (Fsp3) is 0.304. The molecule has 0 aliphatic carbocycles. The summed E-state index contributed by atoms with van der Waals surface area (Å²) in [5.74, 6) is -1.70. The molecule has 2 aromatic carbocycles. The highest BCUT2D eigenvalue weighted by atomic mass is 19.1. The summed E-state index contributed by atoms with van der Waals surface area (Å²) in [6, 6.07) is 8.69. The van der Waals surface area contributed by atoms with Gasteiger partial charge in [-0.2, -0.15) is 0 Å². The first-order chi connectivity index (χ1) is 15.0. The number of hydrogen-bond acceptors (Lipinski definition) is 5. The van der Waals surface area contributed by atoms with Gasteiger partial charge in [0.1, 0.15) is 17.2 Å². The molecule has 1 atom stereocenters. The Labute approximate surface area is 176 Å². The van der Waals surface area contributed by atoms with Crippen LogP contribution in [0.15, 0.2) is 51.7 Å². The zero-order chi connectivity index (χ0) is 21.5. The first-order valence-corrected chi connectivity index (χ1v) is 10.2. The van der Waals surface area contributed by atoms with E-state index in [2.05, 4.69) is 4.90 Å². The molecule has 0 saturated carbocycles. The minimum Gasteiger partial charge on any atom is -0.450 e. The molecule has 1 amide bonds. The van der Waals surface area contributed by atoms with Crippen molar-refractivity contribution < 1.29 is 22.7 Å². The summed E-state index contributed by atoms with van der Waals surface area (Å²) in [7, 11) is 0. The zero-order valence-corrected chi connectivity index (χ0v) is 16.6. The van der Waals surface area contributed by atoms with E-state index >= 15 is 0 Å². The van der Waals surface area contributed by atoms with Crippen LogP contribution in [0, 0.1) is 11.6 Å². The van der Waals surface area contributed by atoms with E-state index in [1.165, 1.54) is 23.1 Å². The molecule has 0 bridgehead atoms. The molecular formula is C23H20F2N2O4. The van der Waals surface area contributed by atoms with Gasteiger partial charge in [0.05, 0.1) is 30.2 Å². The molecule has 2 aliphatic heterocycles. The van der Waals surface area contributed by atoms with Gasteiger partial charge in [-0.05, 0) is 24.3 Å². The minimum absolute atomic E-state index is 0.0305. The number of morpholine rings is 1. The van der Waals surface area contributed by atoms with Gasteiger partial charge in [0.2, 0.25) is 5.76 Å². The van der Waals surface area contributed by atoms with E-state index in [9.17, 15) is 18.4 Å². The average molecular weight is 426 g/mol. The molecule has 1 saturated heterocycles. The van der Waals surface area contributed by atoms with Crippen LogP contribution < -0.4 is 5.43 Å². The van der Waals surface area contributed by atoms with Crippen molar-refractivity contribution in [3.63, 3.8) is 0 Å².